The predicted octanol–water partition coefficient (Wildman–Crippen LogP) is 4.70. The number of hydrogen-bond donors (Lipinski definition) is 0. The van der Waals surface area contributed by atoms with E-state index in [1.54, 1.807) is 11.8 Å². The largest absolute Gasteiger partial charge is 0.0901 e. The fourth-order valence-electron chi connectivity index (χ4n) is 1.25. The zero-order valence-corrected chi connectivity index (χ0v) is 10.1. The van der Waals surface area contributed by atoms with E-state index in [0.29, 0.717) is 0 Å². The highest BCUT2D eigenvalue weighted by Crippen LogP contribution is 2.28. The van der Waals surface area contributed by atoms with Gasteiger partial charge in [0.15, 0.2) is 0 Å². The van der Waals surface area contributed by atoms with Gasteiger partial charge in [-0.1, -0.05) is 42.1 Å². The molecule has 15 heavy (non-hydrogen) atoms. The minimum Gasteiger partial charge on any atom is -0.0901 e. The number of hydrogen-bond acceptors (Lipinski definition) is 1. The minimum atomic E-state index is 0.892. The highest BCUT2D eigenvalue weighted by Gasteiger charge is 1.96. The second kappa shape index (κ2) is 4.69. The van der Waals surface area contributed by atoms with Gasteiger partial charge in [-0.25, -0.2) is 0 Å². The average Bonchev–Trinajstić information content (AvgIpc) is 2.25. The smallest absolute Gasteiger partial charge is 0.0377 e. The highest BCUT2D eigenvalue weighted by atomic mass is 32.2. The second-order valence-electron chi connectivity index (χ2n) is 3.39. The van der Waals surface area contributed by atoms with E-state index < -0.39 is 0 Å². The Balaban J connectivity index is 2.15. The fourth-order valence-corrected chi connectivity index (χ4v) is 2.20. The average molecular weight is 231 g/mol. The van der Waals surface area contributed by atoms with Gasteiger partial charge in [-0.05, 0) is 43.3 Å². The molecule has 0 bridgehead atoms. The van der Waals surface area contributed by atoms with E-state index in [9.17, 15) is 0 Å². The molecular formula is C13H11S2. The zero-order chi connectivity index (χ0) is 10.7. The Labute approximate surface area is 100 Å². The summed E-state index contributed by atoms with van der Waals surface area (Å²) >= 11 is 6.80. The van der Waals surface area contributed by atoms with Crippen LogP contribution in [0, 0.1) is 6.92 Å². The van der Waals surface area contributed by atoms with Gasteiger partial charge < -0.3 is 0 Å². The van der Waals surface area contributed by atoms with Crippen LogP contribution in [-0.2, 0) is 0 Å². The third kappa shape index (κ3) is 2.98. The summed E-state index contributed by atoms with van der Waals surface area (Å²) < 4.78 is 0. The molecule has 0 aromatic heterocycles. The predicted molar refractivity (Wildman–Crippen MR) is 67.6 cm³/mol. The molecule has 0 aliphatic rings. The summed E-state index contributed by atoms with van der Waals surface area (Å²) in [5.74, 6) is 0. The lowest BCUT2D eigenvalue weighted by atomic mass is 10.2. The maximum absolute atomic E-state index is 5.04. The lowest BCUT2D eigenvalue weighted by Gasteiger charge is -2.01. The molecule has 2 rings (SSSR count). The lowest BCUT2D eigenvalue weighted by molar-refractivity contribution is 1.33. The molecule has 0 heterocycles. The van der Waals surface area contributed by atoms with Gasteiger partial charge >= 0.3 is 0 Å². The number of benzene rings is 2. The van der Waals surface area contributed by atoms with Gasteiger partial charge in [-0.2, -0.15) is 0 Å². The maximum Gasteiger partial charge on any atom is 0.0377 e. The Hall–Kier alpha value is -0.990. The van der Waals surface area contributed by atoms with E-state index in [1.165, 1.54) is 15.4 Å². The Kier molecular flexibility index (Phi) is 3.29. The van der Waals surface area contributed by atoms with Crippen LogP contribution in [0.4, 0.5) is 0 Å². The number of rotatable bonds is 2. The van der Waals surface area contributed by atoms with E-state index in [0.717, 1.165) is 4.90 Å². The summed E-state index contributed by atoms with van der Waals surface area (Å²) in [6.45, 7) is 2.10. The van der Waals surface area contributed by atoms with E-state index >= 15 is 0 Å². The molecule has 0 spiro atoms. The van der Waals surface area contributed by atoms with Gasteiger partial charge in [-0.3, -0.25) is 0 Å². The van der Waals surface area contributed by atoms with E-state index in [-0.39, 0.29) is 0 Å². The Morgan fingerprint density at radius 3 is 1.80 bits per heavy atom. The SMILES string of the molecule is Cc1ccc(Sc2ccc([S])cc2)cc1. The number of aryl methyl sites for hydroxylation is 1. The van der Waals surface area contributed by atoms with E-state index in [2.05, 4.69) is 43.3 Å². The molecule has 0 aliphatic carbocycles. The summed E-state index contributed by atoms with van der Waals surface area (Å²) in [4.78, 5) is 3.38. The van der Waals surface area contributed by atoms with Crippen LogP contribution in [0.3, 0.4) is 0 Å². The fraction of sp³-hybridized carbons (Fsp3) is 0.0769. The van der Waals surface area contributed by atoms with Crippen LogP contribution in [0.5, 0.6) is 0 Å². The molecule has 0 unspecified atom stereocenters. The summed E-state index contributed by atoms with van der Waals surface area (Å²) in [6.07, 6.45) is 0. The molecule has 0 N–H and O–H groups in total. The lowest BCUT2D eigenvalue weighted by Crippen LogP contribution is -1.75. The van der Waals surface area contributed by atoms with Crippen molar-refractivity contribution in [1.29, 1.82) is 0 Å². The standard InChI is InChI=1S/C13H11S2/c1-10-2-6-12(7-3-10)15-13-8-4-11(14)5-9-13/h2-9H,1H3. The van der Waals surface area contributed by atoms with Crippen molar-refractivity contribution in [2.75, 3.05) is 0 Å². The van der Waals surface area contributed by atoms with Crippen LogP contribution in [0.25, 0.3) is 0 Å². The third-order valence-electron chi connectivity index (χ3n) is 2.08. The molecule has 0 saturated carbocycles. The molecule has 0 aliphatic heterocycles. The molecule has 0 fully saturated rings. The van der Waals surface area contributed by atoms with Crippen molar-refractivity contribution in [3.05, 3.63) is 54.1 Å². The topological polar surface area (TPSA) is 0 Å². The third-order valence-corrected chi connectivity index (χ3v) is 3.37. The summed E-state index contributed by atoms with van der Waals surface area (Å²) in [6, 6.07) is 16.6. The molecule has 2 aromatic carbocycles. The second-order valence-corrected chi connectivity index (χ2v) is 5.00. The van der Waals surface area contributed by atoms with Crippen LogP contribution >= 0.6 is 24.4 Å². The van der Waals surface area contributed by atoms with Gasteiger partial charge in [0, 0.05) is 14.7 Å². The first-order valence-electron chi connectivity index (χ1n) is 4.76. The van der Waals surface area contributed by atoms with Crippen molar-refractivity contribution in [3.63, 3.8) is 0 Å². The minimum absolute atomic E-state index is 0.892. The van der Waals surface area contributed by atoms with Gasteiger partial charge in [0.25, 0.3) is 0 Å². The molecule has 0 nitrogen and oxygen atoms in total. The van der Waals surface area contributed by atoms with E-state index in [4.69, 9.17) is 12.6 Å². The molecule has 0 saturated heterocycles. The van der Waals surface area contributed by atoms with Gasteiger partial charge in [-0.15, -0.1) is 0 Å². The van der Waals surface area contributed by atoms with Gasteiger partial charge in [0.2, 0.25) is 0 Å². The van der Waals surface area contributed by atoms with Crippen LogP contribution in [-0.4, -0.2) is 0 Å². The molecule has 1 radical (unpaired) electrons. The summed E-state index contributed by atoms with van der Waals surface area (Å²) in [7, 11) is 0. The van der Waals surface area contributed by atoms with Crippen LogP contribution in [0.2, 0.25) is 0 Å². The Bertz CT molecular complexity index is 386. The zero-order valence-electron chi connectivity index (χ0n) is 8.44. The first-order valence-corrected chi connectivity index (χ1v) is 5.98. The molecule has 0 atom stereocenters. The summed E-state index contributed by atoms with van der Waals surface area (Å²) in [5.41, 5.74) is 1.29. The van der Waals surface area contributed by atoms with E-state index in [1.807, 2.05) is 12.1 Å². The van der Waals surface area contributed by atoms with Crippen molar-refractivity contribution < 1.29 is 0 Å². The monoisotopic (exact) mass is 231 g/mol. The van der Waals surface area contributed by atoms with Crippen LogP contribution in [0.1, 0.15) is 5.56 Å². The van der Waals surface area contributed by atoms with Gasteiger partial charge in [0.1, 0.15) is 0 Å². The van der Waals surface area contributed by atoms with Gasteiger partial charge in [0.05, 0.1) is 0 Å². The Morgan fingerprint density at radius 1 is 0.800 bits per heavy atom. The summed E-state index contributed by atoms with van der Waals surface area (Å²) in [5, 5.41) is 0. The van der Waals surface area contributed by atoms with Crippen molar-refractivity contribution in [1.82, 2.24) is 0 Å². The quantitative estimate of drug-likeness (QED) is 0.721. The normalized spacial score (nSPS) is 10.2. The molecule has 2 heteroatoms. The van der Waals surface area contributed by atoms with Crippen molar-refractivity contribution >= 4 is 24.4 Å². The van der Waals surface area contributed by atoms with Crippen molar-refractivity contribution in [2.24, 2.45) is 0 Å². The molecule has 2 aromatic rings. The van der Waals surface area contributed by atoms with Crippen LogP contribution < -0.4 is 0 Å². The molecule has 75 valence electrons. The van der Waals surface area contributed by atoms with Crippen molar-refractivity contribution in [3.8, 4) is 0 Å². The first-order chi connectivity index (χ1) is 7.24. The van der Waals surface area contributed by atoms with Crippen molar-refractivity contribution in [2.45, 2.75) is 21.6 Å². The Morgan fingerprint density at radius 2 is 1.27 bits per heavy atom. The molecule has 0 amide bonds. The maximum atomic E-state index is 5.04. The molecular weight excluding hydrogens is 220 g/mol. The first kappa shape index (κ1) is 10.5. The van der Waals surface area contributed by atoms with Crippen LogP contribution in [0.15, 0.2) is 63.2 Å². The highest BCUT2D eigenvalue weighted by molar-refractivity contribution is 7.99.